The number of anilines is 1. The number of pyridine rings is 1. The van der Waals surface area contributed by atoms with Gasteiger partial charge in [-0.1, -0.05) is 48.0 Å². The maximum Gasteiger partial charge on any atom is 0.155 e. The molecule has 4 aromatic rings. The van der Waals surface area contributed by atoms with Gasteiger partial charge in [0.25, 0.3) is 0 Å². The van der Waals surface area contributed by atoms with Crippen LogP contribution < -0.4 is 10.1 Å². The van der Waals surface area contributed by atoms with E-state index in [9.17, 15) is 8.78 Å². The molecule has 0 saturated heterocycles. The third-order valence-corrected chi connectivity index (χ3v) is 5.01. The van der Waals surface area contributed by atoms with E-state index in [-0.39, 0.29) is 12.5 Å². The fourth-order valence-electron chi connectivity index (χ4n) is 3.28. The predicted octanol–water partition coefficient (Wildman–Crippen LogP) is 6.76. The van der Waals surface area contributed by atoms with E-state index >= 15 is 0 Å². The van der Waals surface area contributed by atoms with Crippen molar-refractivity contribution in [1.29, 1.82) is 0 Å². The topological polar surface area (TPSA) is 43.4 Å². The quantitative estimate of drug-likeness (QED) is 0.228. The van der Waals surface area contributed by atoms with Gasteiger partial charge >= 0.3 is 0 Å². The highest BCUT2D eigenvalue weighted by Crippen LogP contribution is 2.34. The maximum absolute atomic E-state index is 13.8. The van der Waals surface area contributed by atoms with Crippen molar-refractivity contribution in [3.05, 3.63) is 108 Å². The summed E-state index contributed by atoms with van der Waals surface area (Å²) in [4.78, 5) is 4.46. The van der Waals surface area contributed by atoms with Crippen LogP contribution in [0.25, 0.3) is 11.3 Å². The molecule has 33 heavy (non-hydrogen) atoms. The van der Waals surface area contributed by atoms with Gasteiger partial charge in [0.2, 0.25) is 0 Å². The average molecular weight is 446 g/mol. The lowest BCUT2D eigenvalue weighted by Crippen LogP contribution is -2.09. The van der Waals surface area contributed by atoms with Crippen LogP contribution in [0.15, 0.2) is 85.1 Å². The van der Waals surface area contributed by atoms with E-state index < -0.39 is 5.82 Å². The van der Waals surface area contributed by atoms with Gasteiger partial charge in [-0.2, -0.15) is 0 Å². The lowest BCUT2D eigenvalue weighted by Gasteiger charge is -2.14. The molecule has 0 aliphatic carbocycles. The summed E-state index contributed by atoms with van der Waals surface area (Å²) < 4.78 is 39.0. The molecule has 0 bridgehead atoms. The molecular weight excluding hydrogens is 422 g/mol. The van der Waals surface area contributed by atoms with Crippen molar-refractivity contribution < 1.29 is 18.3 Å². The number of ether oxygens (including phenoxy) is 2. The van der Waals surface area contributed by atoms with Crippen molar-refractivity contribution in [1.82, 2.24) is 4.98 Å². The molecule has 0 amide bonds. The van der Waals surface area contributed by atoms with E-state index in [0.29, 0.717) is 35.1 Å². The van der Waals surface area contributed by atoms with E-state index in [1.807, 2.05) is 0 Å². The molecule has 0 atom stereocenters. The van der Waals surface area contributed by atoms with Crippen LogP contribution >= 0.6 is 0 Å². The Morgan fingerprint density at radius 2 is 1.64 bits per heavy atom. The minimum absolute atomic E-state index is 0.284. The first-order valence-electron chi connectivity index (χ1n) is 10.6. The molecule has 4 rings (SSSR count). The molecule has 0 saturated carbocycles. The summed E-state index contributed by atoms with van der Waals surface area (Å²) in [5.74, 6) is -0.101. The van der Waals surface area contributed by atoms with E-state index in [2.05, 4.69) is 41.5 Å². The van der Waals surface area contributed by atoms with Crippen molar-refractivity contribution in [3.63, 3.8) is 0 Å². The van der Waals surface area contributed by atoms with Crippen LogP contribution in [0.4, 0.5) is 14.5 Å². The SMILES string of the molecule is Cc1ccc(CCOCNc2cnc(-c3cccc(F)c3)c(Oc3cccc(F)c3)c2)cc1. The van der Waals surface area contributed by atoms with Crippen LogP contribution in [0.2, 0.25) is 0 Å². The molecule has 1 aromatic heterocycles. The van der Waals surface area contributed by atoms with Gasteiger partial charge in [-0.05, 0) is 43.2 Å². The minimum Gasteiger partial charge on any atom is -0.455 e. The molecule has 168 valence electrons. The summed E-state index contributed by atoms with van der Waals surface area (Å²) in [6.45, 7) is 2.91. The normalized spacial score (nSPS) is 10.8. The standard InChI is InChI=1S/C27H24F2N2O2/c1-19-8-10-20(11-9-19)12-13-32-18-31-24-16-26(33-25-7-3-6-23(29)15-25)27(30-17-24)21-4-2-5-22(28)14-21/h2-11,14-17,31H,12-13,18H2,1H3. The number of halogens is 2. The number of rotatable bonds is 9. The highest BCUT2D eigenvalue weighted by molar-refractivity contribution is 5.69. The first kappa shape index (κ1) is 22.4. The second-order valence-corrected chi connectivity index (χ2v) is 7.61. The van der Waals surface area contributed by atoms with Crippen LogP contribution in [0.1, 0.15) is 11.1 Å². The Labute approximate surface area is 191 Å². The van der Waals surface area contributed by atoms with Crippen molar-refractivity contribution in [3.8, 4) is 22.8 Å². The van der Waals surface area contributed by atoms with E-state index in [4.69, 9.17) is 9.47 Å². The second kappa shape index (κ2) is 10.7. The monoisotopic (exact) mass is 446 g/mol. The van der Waals surface area contributed by atoms with Gasteiger partial charge in [0.1, 0.15) is 29.8 Å². The number of aryl methyl sites for hydroxylation is 1. The lowest BCUT2D eigenvalue weighted by atomic mass is 10.1. The average Bonchev–Trinajstić information content (AvgIpc) is 2.80. The smallest absolute Gasteiger partial charge is 0.155 e. The Balaban J connectivity index is 1.45. The zero-order valence-electron chi connectivity index (χ0n) is 18.2. The molecule has 3 aromatic carbocycles. The van der Waals surface area contributed by atoms with Crippen LogP contribution in [-0.4, -0.2) is 18.3 Å². The number of hydrogen-bond acceptors (Lipinski definition) is 4. The molecule has 0 radical (unpaired) electrons. The molecular formula is C27H24F2N2O2. The molecule has 4 nitrogen and oxygen atoms in total. The molecule has 0 unspecified atom stereocenters. The number of hydrogen-bond donors (Lipinski definition) is 1. The van der Waals surface area contributed by atoms with Gasteiger partial charge in [-0.25, -0.2) is 8.78 Å². The van der Waals surface area contributed by atoms with Gasteiger partial charge in [0, 0.05) is 17.7 Å². The van der Waals surface area contributed by atoms with Crippen molar-refractivity contribution in [2.75, 3.05) is 18.7 Å². The zero-order valence-corrected chi connectivity index (χ0v) is 18.2. The highest BCUT2D eigenvalue weighted by atomic mass is 19.1. The zero-order chi connectivity index (χ0) is 23.0. The Morgan fingerprint density at radius 1 is 0.879 bits per heavy atom. The Bertz CT molecular complexity index is 1210. The Morgan fingerprint density at radius 3 is 2.39 bits per heavy atom. The van der Waals surface area contributed by atoms with E-state index in [1.165, 1.54) is 35.4 Å². The first-order valence-corrected chi connectivity index (χ1v) is 10.6. The van der Waals surface area contributed by atoms with Gasteiger partial charge in [0.05, 0.1) is 18.5 Å². The second-order valence-electron chi connectivity index (χ2n) is 7.61. The Hall–Kier alpha value is -3.77. The third kappa shape index (κ3) is 6.37. The van der Waals surface area contributed by atoms with Crippen LogP contribution in [0.5, 0.6) is 11.5 Å². The summed E-state index contributed by atoms with van der Waals surface area (Å²) in [7, 11) is 0. The number of aromatic nitrogens is 1. The largest absolute Gasteiger partial charge is 0.455 e. The molecule has 0 aliphatic heterocycles. The molecule has 0 spiro atoms. The minimum atomic E-state index is -0.413. The summed E-state index contributed by atoms with van der Waals surface area (Å²) in [6.07, 6.45) is 2.44. The maximum atomic E-state index is 13.8. The van der Waals surface area contributed by atoms with E-state index in [0.717, 1.165) is 6.42 Å². The predicted molar refractivity (Wildman–Crippen MR) is 125 cm³/mol. The molecule has 0 fully saturated rings. The third-order valence-electron chi connectivity index (χ3n) is 5.01. The fourth-order valence-corrected chi connectivity index (χ4v) is 3.28. The van der Waals surface area contributed by atoms with Crippen LogP contribution in [0, 0.1) is 18.6 Å². The van der Waals surface area contributed by atoms with Gasteiger partial charge in [0.15, 0.2) is 5.75 Å². The Kier molecular flexibility index (Phi) is 7.27. The van der Waals surface area contributed by atoms with E-state index in [1.54, 1.807) is 36.5 Å². The fraction of sp³-hybridized carbons (Fsp3) is 0.148. The van der Waals surface area contributed by atoms with Crippen molar-refractivity contribution in [2.45, 2.75) is 13.3 Å². The molecule has 6 heteroatoms. The molecule has 1 heterocycles. The van der Waals surface area contributed by atoms with Crippen molar-refractivity contribution >= 4 is 5.69 Å². The number of nitrogens with zero attached hydrogens (tertiary/aromatic N) is 1. The first-order chi connectivity index (χ1) is 16.1. The van der Waals surface area contributed by atoms with Crippen molar-refractivity contribution in [2.24, 2.45) is 0 Å². The molecule has 1 N–H and O–H groups in total. The van der Waals surface area contributed by atoms with Gasteiger partial charge in [-0.15, -0.1) is 0 Å². The summed E-state index contributed by atoms with van der Waals surface area (Å²) >= 11 is 0. The van der Waals surface area contributed by atoms with Gasteiger partial charge in [-0.3, -0.25) is 4.98 Å². The molecule has 0 aliphatic rings. The summed E-state index contributed by atoms with van der Waals surface area (Å²) in [5.41, 5.74) is 4.11. The van der Waals surface area contributed by atoms with Crippen LogP contribution in [-0.2, 0) is 11.2 Å². The van der Waals surface area contributed by atoms with Gasteiger partial charge < -0.3 is 14.8 Å². The van der Waals surface area contributed by atoms with Crippen LogP contribution in [0.3, 0.4) is 0 Å². The number of nitrogens with one attached hydrogen (secondary N) is 1. The number of benzene rings is 3. The summed E-state index contributed by atoms with van der Waals surface area (Å²) in [6, 6.07) is 22.0. The lowest BCUT2D eigenvalue weighted by molar-refractivity contribution is 0.155. The summed E-state index contributed by atoms with van der Waals surface area (Å²) in [5, 5.41) is 3.15. The highest BCUT2D eigenvalue weighted by Gasteiger charge is 2.12.